The van der Waals surface area contributed by atoms with Gasteiger partial charge in [0, 0.05) is 11.6 Å². The minimum Gasteiger partial charge on any atom is -0.392 e. The Kier molecular flexibility index (Phi) is 5.65. The number of nitrogens with zero attached hydrogens (tertiary/aromatic N) is 2. The molecular weight excluding hydrogens is 519 g/mol. The fourth-order valence-electron chi connectivity index (χ4n) is 8.34. The van der Waals surface area contributed by atoms with Crippen LogP contribution in [0.3, 0.4) is 0 Å². The number of hydrogen-bond acceptors (Lipinski definition) is 5. The number of nitrogens with one attached hydrogen (secondary N) is 2. The van der Waals surface area contributed by atoms with Crippen LogP contribution in [0, 0.1) is 29.0 Å². The topological polar surface area (TPSA) is 113 Å². The maximum absolute atomic E-state index is 13.2. The zero-order valence-electron chi connectivity index (χ0n) is 21.3. The second kappa shape index (κ2) is 8.89. The van der Waals surface area contributed by atoms with Gasteiger partial charge in [0.15, 0.2) is 0 Å². The predicted octanol–water partition coefficient (Wildman–Crippen LogP) is 4.23. The summed E-state index contributed by atoms with van der Waals surface area (Å²) in [5, 5.41) is 14.7. The second-order valence-electron chi connectivity index (χ2n) is 11.9. The van der Waals surface area contributed by atoms with Gasteiger partial charge in [-0.15, -0.1) is 0 Å². The molecule has 4 bridgehead atoms. The number of rotatable bonds is 6. The monoisotopic (exact) mass is 550 g/mol. The Hall–Kier alpha value is -3.24. The fourth-order valence-corrected chi connectivity index (χ4v) is 9.26. The van der Waals surface area contributed by atoms with Gasteiger partial charge in [0.25, 0.3) is 10.0 Å². The lowest BCUT2D eigenvalue weighted by Gasteiger charge is -2.61. The van der Waals surface area contributed by atoms with E-state index in [1.807, 2.05) is 24.7 Å². The van der Waals surface area contributed by atoms with Crippen LogP contribution in [0.2, 0.25) is 0 Å². The summed E-state index contributed by atoms with van der Waals surface area (Å²) >= 11 is 0. The number of amides is 2. The molecule has 2 amide bonds. The van der Waals surface area contributed by atoms with E-state index in [2.05, 4.69) is 31.7 Å². The quantitative estimate of drug-likeness (QED) is 0.425. The van der Waals surface area contributed by atoms with Crippen LogP contribution in [0.15, 0.2) is 66.0 Å². The molecule has 0 radical (unpaired) electrons. The van der Waals surface area contributed by atoms with E-state index < -0.39 is 28.0 Å². The van der Waals surface area contributed by atoms with Crippen molar-refractivity contribution in [3.05, 3.63) is 72.4 Å². The summed E-state index contributed by atoms with van der Waals surface area (Å²) in [7, 11) is -4.11. The first-order valence-corrected chi connectivity index (χ1v) is 15.1. The number of carbonyl (C=O) groups excluding carboxylic acids is 1. The Morgan fingerprint density at radius 1 is 1.10 bits per heavy atom. The zero-order valence-corrected chi connectivity index (χ0v) is 22.1. The molecule has 4 aliphatic carbocycles. The van der Waals surface area contributed by atoms with E-state index in [4.69, 9.17) is 0 Å². The van der Waals surface area contributed by atoms with Crippen LogP contribution in [0.1, 0.15) is 50.1 Å². The average Bonchev–Trinajstić information content (AvgIpc) is 3.48. The molecule has 4 unspecified atom stereocenters. The lowest BCUT2D eigenvalue weighted by molar-refractivity contribution is -0.135. The normalized spacial score (nSPS) is 31.0. The number of sulfonamides is 1. The minimum absolute atomic E-state index is 0.0399. The molecule has 5 aliphatic rings. The zero-order chi connectivity index (χ0) is 26.9. The van der Waals surface area contributed by atoms with Gasteiger partial charge in [-0.1, -0.05) is 24.3 Å². The summed E-state index contributed by atoms with van der Waals surface area (Å²) in [6.07, 6.45) is 8.40. The third kappa shape index (κ3) is 4.07. The number of aliphatic hydroxyl groups excluding tert-OH is 1. The van der Waals surface area contributed by atoms with Crippen molar-refractivity contribution in [3.63, 3.8) is 0 Å². The predicted molar refractivity (Wildman–Crippen MR) is 141 cm³/mol. The second-order valence-corrected chi connectivity index (χ2v) is 13.6. The van der Waals surface area contributed by atoms with Gasteiger partial charge in [-0.2, -0.15) is 0 Å². The highest BCUT2D eigenvalue weighted by atomic mass is 32.2. The summed E-state index contributed by atoms with van der Waals surface area (Å²) in [6, 6.07) is 11.8. The number of hydrogen-bond donors (Lipinski definition) is 3. The Bertz CT molecular complexity index is 1520. The molecule has 204 valence electrons. The third-order valence-corrected chi connectivity index (χ3v) is 11.1. The van der Waals surface area contributed by atoms with Crippen LogP contribution in [0.4, 0.5) is 9.18 Å². The number of carbonyl (C=O) groups is 1. The van der Waals surface area contributed by atoms with Crippen LogP contribution in [0.25, 0.3) is 11.3 Å². The van der Waals surface area contributed by atoms with Gasteiger partial charge in [-0.3, -0.25) is 0 Å². The molecule has 4 atom stereocenters. The van der Waals surface area contributed by atoms with Crippen molar-refractivity contribution < 1.29 is 22.7 Å². The van der Waals surface area contributed by atoms with E-state index in [0.29, 0.717) is 12.3 Å². The number of fused-ring (bicyclic) bond motifs is 3. The molecule has 0 saturated heterocycles. The Morgan fingerprint density at radius 2 is 1.82 bits per heavy atom. The first kappa shape index (κ1) is 24.8. The van der Waals surface area contributed by atoms with Gasteiger partial charge < -0.3 is 15.0 Å². The summed E-state index contributed by atoms with van der Waals surface area (Å²) in [5.41, 5.74) is 3.27. The SMILES string of the molecule is O=C(NC1C2CC3CC1CC(C(O)CC1c4ccccc4-c4cncn41)(C3)C2)NS(=O)(=O)c1ccc(F)cc1. The van der Waals surface area contributed by atoms with Crippen molar-refractivity contribution in [2.24, 2.45) is 23.2 Å². The average molecular weight is 551 g/mol. The highest BCUT2D eigenvalue weighted by Gasteiger charge is 2.58. The Morgan fingerprint density at radius 3 is 2.56 bits per heavy atom. The van der Waals surface area contributed by atoms with Gasteiger partial charge in [-0.05, 0) is 91.5 Å². The van der Waals surface area contributed by atoms with Crippen molar-refractivity contribution >= 4 is 16.1 Å². The van der Waals surface area contributed by atoms with E-state index in [1.54, 1.807) is 0 Å². The smallest absolute Gasteiger partial charge is 0.328 e. The molecule has 10 heteroatoms. The van der Waals surface area contributed by atoms with Crippen molar-refractivity contribution in [3.8, 4) is 11.3 Å². The summed E-state index contributed by atoms with van der Waals surface area (Å²) in [4.78, 5) is 17.0. The van der Waals surface area contributed by atoms with E-state index in [-0.39, 0.29) is 34.2 Å². The molecule has 8 rings (SSSR count). The van der Waals surface area contributed by atoms with Crippen LogP contribution in [0.5, 0.6) is 0 Å². The number of urea groups is 1. The van der Waals surface area contributed by atoms with E-state index in [9.17, 15) is 22.7 Å². The van der Waals surface area contributed by atoms with Crippen LogP contribution in [-0.4, -0.2) is 41.3 Å². The molecular formula is C29H31FN4O4S. The van der Waals surface area contributed by atoms with Crippen molar-refractivity contribution in [2.75, 3.05) is 0 Å². The maximum Gasteiger partial charge on any atom is 0.328 e. The number of aromatic nitrogens is 2. The standard InChI is InChI=1S/C29H31FN4O4S/c30-20-5-7-21(8-6-20)39(37,38)33-28(36)32-27-18-9-17-10-19(27)14-29(12-17,13-18)26(35)11-24-22-3-1-2-4-23(22)25-15-31-16-34(24)25/h1-8,15-19,24,26-27,35H,9-14H2,(H2,32,33,36). The fraction of sp³-hybridized carbons (Fsp3) is 0.448. The van der Waals surface area contributed by atoms with Gasteiger partial charge in [0.2, 0.25) is 0 Å². The number of aliphatic hydroxyl groups is 1. The van der Waals surface area contributed by atoms with Gasteiger partial charge >= 0.3 is 6.03 Å². The number of imidazole rings is 1. The van der Waals surface area contributed by atoms with Gasteiger partial charge in [-0.25, -0.2) is 27.3 Å². The minimum atomic E-state index is -4.11. The van der Waals surface area contributed by atoms with E-state index in [0.717, 1.165) is 62.1 Å². The maximum atomic E-state index is 13.2. The molecule has 3 N–H and O–H groups in total. The van der Waals surface area contributed by atoms with Crippen molar-refractivity contribution in [2.45, 2.75) is 61.6 Å². The third-order valence-electron chi connectivity index (χ3n) is 9.72. The van der Waals surface area contributed by atoms with Crippen LogP contribution < -0.4 is 10.0 Å². The molecule has 2 heterocycles. The van der Waals surface area contributed by atoms with Crippen molar-refractivity contribution in [1.82, 2.24) is 19.6 Å². The Labute approximate surface area is 226 Å². The van der Waals surface area contributed by atoms with Crippen LogP contribution in [-0.2, 0) is 10.0 Å². The van der Waals surface area contributed by atoms with Crippen LogP contribution >= 0.6 is 0 Å². The van der Waals surface area contributed by atoms with Gasteiger partial charge in [0.05, 0.1) is 35.3 Å². The molecule has 2 aromatic carbocycles. The summed E-state index contributed by atoms with van der Waals surface area (Å²) < 4.78 is 42.7. The van der Waals surface area contributed by atoms with E-state index >= 15 is 0 Å². The molecule has 3 aromatic rings. The lowest BCUT2D eigenvalue weighted by atomic mass is 9.46. The first-order valence-electron chi connectivity index (χ1n) is 13.6. The molecule has 4 saturated carbocycles. The van der Waals surface area contributed by atoms with E-state index in [1.165, 1.54) is 11.1 Å². The summed E-state index contributed by atoms with van der Waals surface area (Å²) in [6.45, 7) is 0. The number of halogens is 1. The number of benzene rings is 2. The molecule has 0 spiro atoms. The largest absolute Gasteiger partial charge is 0.392 e. The first-order chi connectivity index (χ1) is 18.7. The Balaban J connectivity index is 1.06. The summed E-state index contributed by atoms with van der Waals surface area (Å²) in [5.74, 6) is 0.321. The molecule has 1 aromatic heterocycles. The molecule has 8 nitrogen and oxygen atoms in total. The van der Waals surface area contributed by atoms with Crippen molar-refractivity contribution in [1.29, 1.82) is 0 Å². The highest BCUT2D eigenvalue weighted by molar-refractivity contribution is 7.90. The lowest BCUT2D eigenvalue weighted by Crippen LogP contribution is -2.62. The highest BCUT2D eigenvalue weighted by Crippen LogP contribution is 2.62. The molecule has 1 aliphatic heterocycles. The molecule has 4 fully saturated rings. The molecule has 39 heavy (non-hydrogen) atoms. The van der Waals surface area contributed by atoms with Gasteiger partial charge in [0.1, 0.15) is 5.82 Å².